The van der Waals surface area contributed by atoms with E-state index < -0.39 is 13.2 Å². The van der Waals surface area contributed by atoms with E-state index in [1.807, 2.05) is 48.5 Å². The average molecular weight is 663 g/mol. The van der Waals surface area contributed by atoms with E-state index in [0.717, 1.165) is 33.0 Å². The smallest absolute Gasteiger partial charge is 0.323 e. The van der Waals surface area contributed by atoms with E-state index in [4.69, 9.17) is 9.47 Å². The number of aromatic nitrogens is 2. The minimum absolute atomic E-state index is 0.244. The number of anilines is 2. The van der Waals surface area contributed by atoms with Crippen LogP contribution in [-0.2, 0) is 34.0 Å². The Morgan fingerprint density at radius 2 is 1.62 bits per heavy atom. The van der Waals surface area contributed by atoms with Gasteiger partial charge in [0.15, 0.2) is 5.75 Å². The lowest BCUT2D eigenvalue weighted by Crippen LogP contribution is -2.23. The predicted molar refractivity (Wildman–Crippen MR) is 191 cm³/mol. The summed E-state index contributed by atoms with van der Waals surface area (Å²) in [7, 11) is -1.22. The lowest BCUT2D eigenvalue weighted by atomic mass is 9.86. The van der Waals surface area contributed by atoms with Crippen LogP contribution in [0, 0.1) is 0 Å². The quantitative estimate of drug-likeness (QED) is 0.162. The topological polar surface area (TPSA) is 120 Å². The molecule has 48 heavy (non-hydrogen) atoms. The highest BCUT2D eigenvalue weighted by Crippen LogP contribution is 2.43. The van der Waals surface area contributed by atoms with E-state index >= 15 is 0 Å². The number of ketones is 1. The van der Waals surface area contributed by atoms with E-state index in [-0.39, 0.29) is 11.2 Å². The van der Waals surface area contributed by atoms with Crippen molar-refractivity contribution in [1.29, 1.82) is 0 Å². The predicted octanol–water partition coefficient (Wildman–Crippen LogP) is 7.88. The molecule has 0 unspecified atom stereocenters. The van der Waals surface area contributed by atoms with Crippen LogP contribution in [0.3, 0.4) is 0 Å². The molecule has 0 atom stereocenters. The van der Waals surface area contributed by atoms with Crippen molar-refractivity contribution in [2.75, 3.05) is 31.1 Å². The van der Waals surface area contributed by atoms with Crippen molar-refractivity contribution in [3.8, 4) is 17.4 Å². The number of methoxy groups -OCH3 is 1. The van der Waals surface area contributed by atoms with Crippen molar-refractivity contribution in [3.63, 3.8) is 0 Å². The first-order valence-corrected chi connectivity index (χ1v) is 18.4. The number of ether oxygens (including phenoxy) is 2. The Balaban J connectivity index is 1.23. The number of benzene rings is 4. The van der Waals surface area contributed by atoms with Crippen molar-refractivity contribution >= 4 is 46.4 Å². The number of urea groups is 1. The summed E-state index contributed by atoms with van der Waals surface area (Å²) in [5, 5.41) is 8.04. The van der Waals surface area contributed by atoms with Crippen molar-refractivity contribution in [2.24, 2.45) is 0 Å². The lowest BCUT2D eigenvalue weighted by molar-refractivity contribution is -0.117. The molecule has 10 heteroatoms. The van der Waals surface area contributed by atoms with E-state index in [9.17, 15) is 14.2 Å². The van der Waals surface area contributed by atoms with Gasteiger partial charge in [0, 0.05) is 42.3 Å². The lowest BCUT2D eigenvalue weighted by Gasteiger charge is -2.25. The monoisotopic (exact) mass is 662 g/mol. The Hall–Kier alpha value is -5.01. The van der Waals surface area contributed by atoms with Crippen molar-refractivity contribution < 1.29 is 23.6 Å². The Bertz CT molecular complexity index is 2120. The largest absolute Gasteiger partial charge is 0.494 e. The van der Waals surface area contributed by atoms with Crippen LogP contribution in [0.25, 0.3) is 10.8 Å². The number of hydrogen-bond donors (Lipinski definition) is 2. The average Bonchev–Trinajstić information content (AvgIpc) is 3.40. The van der Waals surface area contributed by atoms with Gasteiger partial charge in [-0.25, -0.2) is 9.78 Å². The third kappa shape index (κ3) is 7.11. The van der Waals surface area contributed by atoms with Gasteiger partial charge in [-0.2, -0.15) is 4.98 Å². The van der Waals surface area contributed by atoms with Gasteiger partial charge in [-0.05, 0) is 65.3 Å². The summed E-state index contributed by atoms with van der Waals surface area (Å²) in [4.78, 5) is 34.4. The standard InChI is InChI=1S/C38H39N4O5P/c1-38(2,3)26-21-31(36(46-4)33(22-26)48(5,6)45)41-37(44)40-30-13-14-32(29-10-8-7-9-28(29)30)47-35-15-16-39-34(42-35)18-23-11-12-24-19-27(43)20-25(24)17-23/h7-17,21-22H,18-20H2,1-6H3,(H2,40,41,44). The molecular weight excluding hydrogens is 623 g/mol. The Kier molecular flexibility index (Phi) is 8.84. The fourth-order valence-corrected chi connectivity index (χ4v) is 7.08. The second-order valence-corrected chi connectivity index (χ2v) is 16.7. The maximum Gasteiger partial charge on any atom is 0.323 e. The Labute approximate surface area is 280 Å². The Morgan fingerprint density at radius 3 is 2.35 bits per heavy atom. The molecule has 0 fully saturated rings. The van der Waals surface area contributed by atoms with Gasteiger partial charge in [0.2, 0.25) is 5.88 Å². The summed E-state index contributed by atoms with van der Waals surface area (Å²) in [5.41, 5.74) is 4.92. The number of rotatable bonds is 8. The second kappa shape index (κ2) is 12.9. The first kappa shape index (κ1) is 32.9. The molecule has 1 aromatic heterocycles. The molecule has 9 nitrogen and oxygen atoms in total. The molecule has 5 aromatic rings. The maximum absolute atomic E-state index is 13.4. The van der Waals surface area contributed by atoms with Crippen molar-refractivity contribution in [1.82, 2.24) is 9.97 Å². The number of hydrogen-bond acceptors (Lipinski definition) is 7. The number of fused-ring (bicyclic) bond motifs is 2. The highest BCUT2D eigenvalue weighted by atomic mass is 31.2. The van der Waals surface area contributed by atoms with Crippen LogP contribution >= 0.6 is 7.14 Å². The SMILES string of the molecule is COc1c(NC(=O)Nc2ccc(Oc3ccnc(Cc4ccc5c(c4)CC(=O)C5)n3)c3ccccc23)cc(C(C)(C)C)cc1P(C)(C)=O. The molecular formula is C38H39N4O5P. The van der Waals surface area contributed by atoms with Gasteiger partial charge < -0.3 is 24.7 Å². The summed E-state index contributed by atoms with van der Waals surface area (Å²) in [5.74, 6) is 2.20. The maximum atomic E-state index is 13.4. The normalized spacial score (nSPS) is 12.9. The fraction of sp³-hybridized carbons (Fsp3) is 0.263. The van der Waals surface area contributed by atoms with Gasteiger partial charge in [0.1, 0.15) is 24.5 Å². The Morgan fingerprint density at radius 1 is 0.896 bits per heavy atom. The molecule has 1 aliphatic carbocycles. The number of nitrogens with zero attached hydrogens (tertiary/aromatic N) is 2. The second-order valence-electron chi connectivity index (χ2n) is 13.5. The van der Waals surface area contributed by atoms with Gasteiger partial charge in [-0.3, -0.25) is 4.79 Å². The van der Waals surface area contributed by atoms with Gasteiger partial charge >= 0.3 is 6.03 Å². The first-order valence-electron chi connectivity index (χ1n) is 15.8. The molecule has 0 saturated carbocycles. The molecule has 1 heterocycles. The summed E-state index contributed by atoms with van der Waals surface area (Å²) in [6, 6.07) is 22.3. The van der Waals surface area contributed by atoms with Crippen molar-refractivity contribution in [2.45, 2.75) is 45.4 Å². The molecule has 2 amide bonds. The highest BCUT2D eigenvalue weighted by Gasteiger charge is 2.26. The zero-order valence-electron chi connectivity index (χ0n) is 28.0. The molecule has 0 bridgehead atoms. The van der Waals surface area contributed by atoms with E-state index in [2.05, 4.69) is 47.4 Å². The zero-order valence-corrected chi connectivity index (χ0v) is 28.9. The number of amides is 2. The van der Waals surface area contributed by atoms with Crippen molar-refractivity contribution in [3.05, 3.63) is 107 Å². The van der Waals surface area contributed by atoms with E-state index in [1.165, 1.54) is 7.11 Å². The van der Waals surface area contributed by atoms with Crippen LogP contribution in [0.15, 0.2) is 79.0 Å². The van der Waals surface area contributed by atoms with Gasteiger partial charge in [-0.1, -0.05) is 63.2 Å². The summed E-state index contributed by atoms with van der Waals surface area (Å²) >= 11 is 0. The van der Waals surface area contributed by atoms with Crippen LogP contribution < -0.4 is 25.4 Å². The number of carbonyl (C=O) groups excluding carboxylic acids is 2. The van der Waals surface area contributed by atoms with Gasteiger partial charge in [-0.15, -0.1) is 0 Å². The summed E-state index contributed by atoms with van der Waals surface area (Å²) in [6.07, 6.45) is 3.16. The molecule has 6 rings (SSSR count). The van der Waals surface area contributed by atoms with Crippen LogP contribution in [0.5, 0.6) is 17.4 Å². The molecule has 2 N–H and O–H groups in total. The minimum atomic E-state index is -2.73. The number of Topliss-reactive ketones (excluding diaryl/α,β-unsaturated/α-hetero) is 1. The molecule has 0 spiro atoms. The molecule has 1 aliphatic rings. The molecule has 246 valence electrons. The van der Waals surface area contributed by atoms with Crippen LogP contribution in [-0.4, -0.2) is 42.2 Å². The highest BCUT2D eigenvalue weighted by molar-refractivity contribution is 7.70. The summed E-state index contributed by atoms with van der Waals surface area (Å²) < 4.78 is 25.2. The van der Waals surface area contributed by atoms with Gasteiger partial charge in [0.05, 0.1) is 23.8 Å². The third-order valence-corrected chi connectivity index (χ3v) is 9.90. The number of nitrogens with one attached hydrogen (secondary N) is 2. The van der Waals surface area contributed by atoms with E-state index in [1.54, 1.807) is 37.7 Å². The molecule has 0 aliphatic heterocycles. The van der Waals surface area contributed by atoms with Crippen LogP contribution in [0.1, 0.15) is 48.8 Å². The first-order chi connectivity index (χ1) is 22.8. The molecule has 0 radical (unpaired) electrons. The zero-order chi connectivity index (χ0) is 34.2. The fourth-order valence-electron chi connectivity index (χ4n) is 5.93. The van der Waals surface area contributed by atoms with Crippen LogP contribution in [0.2, 0.25) is 0 Å². The molecule has 4 aromatic carbocycles. The molecule has 0 saturated heterocycles. The minimum Gasteiger partial charge on any atom is -0.494 e. The van der Waals surface area contributed by atoms with Crippen LogP contribution in [0.4, 0.5) is 16.2 Å². The summed E-state index contributed by atoms with van der Waals surface area (Å²) in [6.45, 7) is 9.58. The van der Waals surface area contributed by atoms with E-state index in [0.29, 0.717) is 59.1 Å². The third-order valence-electron chi connectivity index (χ3n) is 8.40. The number of carbonyl (C=O) groups is 2. The van der Waals surface area contributed by atoms with Gasteiger partial charge in [0.25, 0.3) is 0 Å².